The van der Waals surface area contributed by atoms with E-state index in [2.05, 4.69) is 15.9 Å². The number of ether oxygens (including phenoxy) is 1. The lowest BCUT2D eigenvalue weighted by atomic mass is 10.1. The molecule has 2 rings (SSSR count). The molecule has 1 fully saturated rings. The fourth-order valence-corrected chi connectivity index (χ4v) is 4.02. The summed E-state index contributed by atoms with van der Waals surface area (Å²) < 4.78 is 31.8. The summed E-state index contributed by atoms with van der Waals surface area (Å²) in [6, 6.07) is 4.49. The zero-order valence-corrected chi connectivity index (χ0v) is 13.1. The van der Waals surface area contributed by atoms with Gasteiger partial charge in [-0.3, -0.25) is 4.79 Å². The van der Waals surface area contributed by atoms with E-state index >= 15 is 0 Å². The molecule has 1 aliphatic rings. The molecule has 1 heterocycles. The quantitative estimate of drug-likeness (QED) is 0.877. The summed E-state index contributed by atoms with van der Waals surface area (Å²) in [6.45, 7) is 0.230. The van der Waals surface area contributed by atoms with Gasteiger partial charge >= 0.3 is 5.97 Å². The summed E-state index contributed by atoms with van der Waals surface area (Å²) in [4.78, 5) is 11.0. The standard InChI is InChI=1S/C12H14BrNO5S/c1-19-11-6-9(2-3-10(11)13)20(17,18)14-5-4-8(7-14)12(15)16/h2-3,6,8H,4-5,7H2,1H3,(H,15,16). The lowest BCUT2D eigenvalue weighted by Gasteiger charge is -2.16. The molecule has 6 nitrogen and oxygen atoms in total. The Morgan fingerprint density at radius 1 is 1.50 bits per heavy atom. The lowest BCUT2D eigenvalue weighted by molar-refractivity contribution is -0.141. The van der Waals surface area contributed by atoms with Crippen LogP contribution in [-0.4, -0.2) is 44.0 Å². The molecule has 1 unspecified atom stereocenters. The van der Waals surface area contributed by atoms with E-state index in [4.69, 9.17) is 9.84 Å². The van der Waals surface area contributed by atoms with Crippen molar-refractivity contribution in [3.05, 3.63) is 22.7 Å². The number of methoxy groups -OCH3 is 1. The summed E-state index contributed by atoms with van der Waals surface area (Å²) in [5.41, 5.74) is 0. The van der Waals surface area contributed by atoms with Crippen molar-refractivity contribution in [1.29, 1.82) is 0 Å². The highest BCUT2D eigenvalue weighted by Gasteiger charge is 2.36. The second kappa shape index (κ2) is 5.71. The van der Waals surface area contributed by atoms with E-state index in [0.717, 1.165) is 0 Å². The lowest BCUT2D eigenvalue weighted by Crippen LogP contribution is -2.30. The van der Waals surface area contributed by atoms with Gasteiger partial charge in [-0.2, -0.15) is 4.31 Å². The van der Waals surface area contributed by atoms with Crippen LogP contribution in [-0.2, 0) is 14.8 Å². The predicted octanol–water partition coefficient (Wildman–Crippen LogP) is 1.55. The number of hydrogen-bond acceptors (Lipinski definition) is 4. The van der Waals surface area contributed by atoms with Crippen LogP contribution in [0.2, 0.25) is 0 Å². The molecule has 0 bridgehead atoms. The molecule has 8 heteroatoms. The number of halogens is 1. The van der Waals surface area contributed by atoms with E-state index in [-0.39, 0.29) is 18.0 Å². The second-order valence-corrected chi connectivity index (χ2v) is 7.28. The van der Waals surface area contributed by atoms with Crippen LogP contribution < -0.4 is 4.74 Å². The normalized spacial score (nSPS) is 20.0. The zero-order chi connectivity index (χ0) is 14.9. The molecule has 0 aliphatic carbocycles. The first kappa shape index (κ1) is 15.3. The molecule has 0 radical (unpaired) electrons. The van der Waals surface area contributed by atoms with Crippen LogP contribution in [0.4, 0.5) is 0 Å². The zero-order valence-electron chi connectivity index (χ0n) is 10.7. The van der Waals surface area contributed by atoms with Crippen LogP contribution in [0.15, 0.2) is 27.6 Å². The maximum atomic E-state index is 12.4. The van der Waals surface area contributed by atoms with Gasteiger partial charge in [0.1, 0.15) is 5.75 Å². The van der Waals surface area contributed by atoms with Crippen LogP contribution in [0, 0.1) is 5.92 Å². The number of carboxylic acid groups (broad SMARTS) is 1. The Morgan fingerprint density at radius 2 is 2.20 bits per heavy atom. The minimum Gasteiger partial charge on any atom is -0.496 e. The molecule has 0 aromatic heterocycles. The molecule has 1 aromatic rings. The van der Waals surface area contributed by atoms with Crippen molar-refractivity contribution in [3.63, 3.8) is 0 Å². The molecule has 1 atom stereocenters. The molecule has 0 saturated carbocycles. The van der Waals surface area contributed by atoms with Gasteiger partial charge in [0.25, 0.3) is 0 Å². The number of hydrogen-bond donors (Lipinski definition) is 1. The van der Waals surface area contributed by atoms with Crippen LogP contribution in [0.3, 0.4) is 0 Å². The molecule has 0 amide bonds. The Balaban J connectivity index is 2.30. The molecular weight excluding hydrogens is 350 g/mol. The van der Waals surface area contributed by atoms with Crippen LogP contribution in [0.1, 0.15) is 6.42 Å². The van der Waals surface area contributed by atoms with E-state index in [1.165, 1.54) is 23.5 Å². The number of carbonyl (C=O) groups is 1. The van der Waals surface area contributed by atoms with Crippen molar-refractivity contribution in [1.82, 2.24) is 4.31 Å². The van der Waals surface area contributed by atoms with E-state index in [1.807, 2.05) is 0 Å². The van der Waals surface area contributed by atoms with Crippen molar-refractivity contribution in [2.75, 3.05) is 20.2 Å². The van der Waals surface area contributed by atoms with Gasteiger partial charge in [-0.1, -0.05) is 0 Å². The fraction of sp³-hybridized carbons (Fsp3) is 0.417. The Bertz CT molecular complexity index is 631. The largest absolute Gasteiger partial charge is 0.496 e. The van der Waals surface area contributed by atoms with Crippen molar-refractivity contribution >= 4 is 31.9 Å². The minimum absolute atomic E-state index is 0.00997. The molecule has 1 aromatic carbocycles. The first-order valence-electron chi connectivity index (χ1n) is 5.92. The average molecular weight is 364 g/mol. The Kier molecular flexibility index (Phi) is 4.36. The van der Waals surface area contributed by atoms with Gasteiger partial charge in [0.15, 0.2) is 0 Å². The summed E-state index contributed by atoms with van der Waals surface area (Å²) >= 11 is 3.26. The van der Waals surface area contributed by atoms with E-state index in [1.54, 1.807) is 6.07 Å². The number of rotatable bonds is 4. The van der Waals surface area contributed by atoms with Crippen molar-refractivity contribution < 1.29 is 23.1 Å². The second-order valence-electron chi connectivity index (χ2n) is 4.48. The summed E-state index contributed by atoms with van der Waals surface area (Å²) in [5, 5.41) is 8.94. The third-order valence-corrected chi connectivity index (χ3v) is 5.78. The molecule has 1 aliphatic heterocycles. The fourth-order valence-electron chi connectivity index (χ4n) is 2.10. The van der Waals surface area contributed by atoms with Gasteiger partial charge in [0.05, 0.1) is 22.4 Å². The molecule has 20 heavy (non-hydrogen) atoms. The summed E-state index contributed by atoms with van der Waals surface area (Å²) in [5.74, 6) is -1.18. The first-order valence-corrected chi connectivity index (χ1v) is 8.16. The van der Waals surface area contributed by atoms with Crippen molar-refractivity contribution in [2.24, 2.45) is 5.92 Å². The number of carboxylic acids is 1. The van der Waals surface area contributed by atoms with E-state index < -0.39 is 21.9 Å². The highest BCUT2D eigenvalue weighted by atomic mass is 79.9. The molecule has 110 valence electrons. The number of nitrogens with zero attached hydrogens (tertiary/aromatic N) is 1. The first-order chi connectivity index (χ1) is 9.36. The Morgan fingerprint density at radius 3 is 2.75 bits per heavy atom. The maximum Gasteiger partial charge on any atom is 0.307 e. The maximum absolute atomic E-state index is 12.4. The number of sulfonamides is 1. The highest BCUT2D eigenvalue weighted by molar-refractivity contribution is 9.10. The third-order valence-electron chi connectivity index (χ3n) is 3.26. The Hall–Kier alpha value is -1.12. The predicted molar refractivity (Wildman–Crippen MR) is 75.2 cm³/mol. The summed E-state index contributed by atoms with van der Waals surface area (Å²) in [7, 11) is -2.23. The SMILES string of the molecule is COc1cc(S(=O)(=O)N2CCC(C(=O)O)C2)ccc1Br. The topological polar surface area (TPSA) is 83.9 Å². The van der Waals surface area contributed by atoms with Crippen molar-refractivity contribution in [2.45, 2.75) is 11.3 Å². The van der Waals surface area contributed by atoms with Gasteiger partial charge < -0.3 is 9.84 Å². The molecule has 0 spiro atoms. The molecular formula is C12H14BrNO5S. The molecule has 1 N–H and O–H groups in total. The van der Waals surface area contributed by atoms with Crippen LogP contribution in [0.5, 0.6) is 5.75 Å². The van der Waals surface area contributed by atoms with Gasteiger partial charge in [0, 0.05) is 19.2 Å². The van der Waals surface area contributed by atoms with Gasteiger partial charge in [-0.05, 0) is 34.5 Å². The van der Waals surface area contributed by atoms with Gasteiger partial charge in [0.2, 0.25) is 10.0 Å². The van der Waals surface area contributed by atoms with E-state index in [0.29, 0.717) is 16.6 Å². The number of aliphatic carboxylic acids is 1. The van der Waals surface area contributed by atoms with E-state index in [9.17, 15) is 13.2 Å². The van der Waals surface area contributed by atoms with Crippen molar-refractivity contribution in [3.8, 4) is 5.75 Å². The minimum atomic E-state index is -3.69. The highest BCUT2D eigenvalue weighted by Crippen LogP contribution is 2.30. The monoisotopic (exact) mass is 363 g/mol. The smallest absolute Gasteiger partial charge is 0.307 e. The summed E-state index contributed by atoms with van der Waals surface area (Å²) in [6.07, 6.45) is 0.336. The average Bonchev–Trinajstić information content (AvgIpc) is 2.89. The third kappa shape index (κ3) is 2.82. The number of benzene rings is 1. The van der Waals surface area contributed by atoms with Gasteiger partial charge in [-0.15, -0.1) is 0 Å². The Labute approximate surface area is 125 Å². The molecule has 1 saturated heterocycles. The van der Waals surface area contributed by atoms with Gasteiger partial charge in [-0.25, -0.2) is 8.42 Å². The van der Waals surface area contributed by atoms with Crippen LogP contribution >= 0.6 is 15.9 Å². The van der Waals surface area contributed by atoms with Crippen LogP contribution in [0.25, 0.3) is 0 Å².